The molecule has 0 aliphatic carbocycles. The molecule has 110 valence electrons. The Hall–Kier alpha value is -1.58. The van der Waals surface area contributed by atoms with Crippen LogP contribution in [0.15, 0.2) is 12.3 Å². The van der Waals surface area contributed by atoms with Gasteiger partial charge in [0.2, 0.25) is 0 Å². The van der Waals surface area contributed by atoms with Gasteiger partial charge in [-0.25, -0.2) is 4.79 Å². The SMILES string of the molecule is CCCC1CCCN(c2cc(C)ncc2C(=O)O)CC1. The van der Waals surface area contributed by atoms with Crippen LogP contribution in [0.3, 0.4) is 0 Å². The van der Waals surface area contributed by atoms with E-state index in [4.69, 9.17) is 0 Å². The van der Waals surface area contributed by atoms with Gasteiger partial charge in [-0.1, -0.05) is 19.8 Å². The van der Waals surface area contributed by atoms with Gasteiger partial charge in [0.05, 0.1) is 5.69 Å². The van der Waals surface area contributed by atoms with E-state index in [9.17, 15) is 9.90 Å². The topological polar surface area (TPSA) is 53.4 Å². The summed E-state index contributed by atoms with van der Waals surface area (Å²) in [6.07, 6.45) is 7.58. The number of anilines is 1. The Morgan fingerprint density at radius 2 is 2.25 bits per heavy atom. The number of nitrogens with zero attached hydrogens (tertiary/aromatic N) is 2. The Balaban J connectivity index is 2.18. The molecule has 2 heterocycles. The first-order valence-electron chi connectivity index (χ1n) is 7.56. The molecule has 0 radical (unpaired) electrons. The number of carboxylic acids is 1. The van der Waals surface area contributed by atoms with Crippen LogP contribution >= 0.6 is 0 Å². The van der Waals surface area contributed by atoms with Crippen LogP contribution in [-0.4, -0.2) is 29.1 Å². The molecule has 1 aliphatic heterocycles. The van der Waals surface area contributed by atoms with Crippen LogP contribution in [0.25, 0.3) is 0 Å². The number of hydrogen-bond acceptors (Lipinski definition) is 3. The summed E-state index contributed by atoms with van der Waals surface area (Å²) in [4.78, 5) is 17.7. The number of rotatable bonds is 4. The maximum atomic E-state index is 11.4. The zero-order valence-electron chi connectivity index (χ0n) is 12.4. The van der Waals surface area contributed by atoms with Crippen molar-refractivity contribution in [2.45, 2.75) is 46.0 Å². The second kappa shape index (κ2) is 6.73. The molecule has 20 heavy (non-hydrogen) atoms. The van der Waals surface area contributed by atoms with Gasteiger partial charge >= 0.3 is 5.97 Å². The fourth-order valence-electron chi connectivity index (χ4n) is 3.07. The van der Waals surface area contributed by atoms with E-state index in [0.717, 1.165) is 43.2 Å². The van der Waals surface area contributed by atoms with Gasteiger partial charge in [-0.2, -0.15) is 0 Å². The lowest BCUT2D eigenvalue weighted by Gasteiger charge is -2.24. The van der Waals surface area contributed by atoms with Crippen LogP contribution < -0.4 is 4.90 Å². The molecular formula is C16H24N2O2. The monoisotopic (exact) mass is 276 g/mol. The van der Waals surface area contributed by atoms with Crippen molar-refractivity contribution in [1.29, 1.82) is 0 Å². The summed E-state index contributed by atoms with van der Waals surface area (Å²) in [6, 6.07) is 1.91. The quantitative estimate of drug-likeness (QED) is 0.914. The van der Waals surface area contributed by atoms with E-state index in [2.05, 4.69) is 16.8 Å². The third-order valence-electron chi connectivity index (χ3n) is 4.13. The molecular weight excluding hydrogens is 252 g/mol. The van der Waals surface area contributed by atoms with Gasteiger partial charge in [0.25, 0.3) is 0 Å². The van der Waals surface area contributed by atoms with Crippen molar-refractivity contribution < 1.29 is 9.90 Å². The second-order valence-electron chi connectivity index (χ2n) is 5.72. The molecule has 1 fully saturated rings. The molecule has 4 heteroatoms. The minimum absolute atomic E-state index is 0.324. The van der Waals surface area contributed by atoms with Crippen molar-refractivity contribution in [3.63, 3.8) is 0 Å². The molecule has 4 nitrogen and oxygen atoms in total. The lowest BCUT2D eigenvalue weighted by atomic mass is 9.96. The number of aromatic carboxylic acids is 1. The largest absolute Gasteiger partial charge is 0.478 e. The third kappa shape index (κ3) is 3.50. The molecule has 0 amide bonds. The highest BCUT2D eigenvalue weighted by molar-refractivity contribution is 5.94. The van der Waals surface area contributed by atoms with Crippen LogP contribution in [0.1, 0.15) is 55.1 Å². The van der Waals surface area contributed by atoms with E-state index in [1.54, 1.807) is 0 Å². The molecule has 0 aromatic carbocycles. The maximum Gasteiger partial charge on any atom is 0.339 e. The first-order chi connectivity index (χ1) is 9.61. The third-order valence-corrected chi connectivity index (χ3v) is 4.13. The van der Waals surface area contributed by atoms with Crippen molar-refractivity contribution >= 4 is 11.7 Å². The molecule has 1 aromatic heterocycles. The Morgan fingerprint density at radius 3 is 2.95 bits per heavy atom. The fourth-order valence-corrected chi connectivity index (χ4v) is 3.07. The Bertz CT molecular complexity index is 474. The summed E-state index contributed by atoms with van der Waals surface area (Å²) in [5.74, 6) is -0.0944. The average Bonchev–Trinajstić information content (AvgIpc) is 2.64. The predicted octanol–water partition coefficient (Wildman–Crippen LogP) is 3.49. The molecule has 1 aromatic rings. The van der Waals surface area contributed by atoms with E-state index >= 15 is 0 Å². The second-order valence-corrected chi connectivity index (χ2v) is 5.72. The summed E-state index contributed by atoms with van der Waals surface area (Å²) in [5, 5.41) is 9.33. The van der Waals surface area contributed by atoms with Crippen LogP contribution in [0.2, 0.25) is 0 Å². The van der Waals surface area contributed by atoms with Crippen molar-refractivity contribution in [3.05, 3.63) is 23.5 Å². The van der Waals surface area contributed by atoms with Crippen LogP contribution in [-0.2, 0) is 0 Å². The highest BCUT2D eigenvalue weighted by atomic mass is 16.4. The standard InChI is InChI=1S/C16H24N2O2/c1-3-5-13-6-4-8-18(9-7-13)15-10-12(2)17-11-14(15)16(19)20/h10-11,13H,3-9H2,1-2H3,(H,19,20). The van der Waals surface area contributed by atoms with Gasteiger partial charge in [0.1, 0.15) is 5.56 Å². The molecule has 1 unspecified atom stereocenters. The van der Waals surface area contributed by atoms with Crippen LogP contribution in [0.4, 0.5) is 5.69 Å². The van der Waals surface area contributed by atoms with Gasteiger partial charge in [-0.3, -0.25) is 4.98 Å². The van der Waals surface area contributed by atoms with E-state index in [0.29, 0.717) is 5.56 Å². The minimum atomic E-state index is -0.887. The molecule has 1 saturated heterocycles. The Morgan fingerprint density at radius 1 is 1.45 bits per heavy atom. The minimum Gasteiger partial charge on any atom is -0.478 e. The highest BCUT2D eigenvalue weighted by Crippen LogP contribution is 2.27. The lowest BCUT2D eigenvalue weighted by molar-refractivity contribution is 0.0697. The predicted molar refractivity (Wildman–Crippen MR) is 80.4 cm³/mol. The molecule has 0 spiro atoms. The number of pyridine rings is 1. The summed E-state index contributed by atoms with van der Waals surface area (Å²) < 4.78 is 0. The van der Waals surface area contributed by atoms with Crippen molar-refractivity contribution in [3.8, 4) is 0 Å². The van der Waals surface area contributed by atoms with Crippen molar-refractivity contribution in [2.75, 3.05) is 18.0 Å². The zero-order chi connectivity index (χ0) is 14.5. The molecule has 1 aliphatic rings. The molecule has 2 rings (SSSR count). The van der Waals surface area contributed by atoms with E-state index in [1.165, 1.54) is 25.5 Å². The maximum absolute atomic E-state index is 11.4. The van der Waals surface area contributed by atoms with Gasteiger partial charge in [0, 0.05) is 25.0 Å². The summed E-state index contributed by atoms with van der Waals surface area (Å²) in [6.45, 7) is 6.04. The highest BCUT2D eigenvalue weighted by Gasteiger charge is 2.21. The molecule has 0 saturated carbocycles. The number of aryl methyl sites for hydroxylation is 1. The first kappa shape index (κ1) is 14.8. The Labute approximate surface area is 120 Å². The average molecular weight is 276 g/mol. The van der Waals surface area contributed by atoms with E-state index in [1.807, 2.05) is 13.0 Å². The number of carboxylic acid groups (broad SMARTS) is 1. The zero-order valence-corrected chi connectivity index (χ0v) is 12.4. The van der Waals surface area contributed by atoms with Crippen LogP contribution in [0.5, 0.6) is 0 Å². The van der Waals surface area contributed by atoms with Crippen LogP contribution in [0, 0.1) is 12.8 Å². The number of hydrogen-bond donors (Lipinski definition) is 1. The molecule has 1 N–H and O–H groups in total. The first-order valence-corrected chi connectivity index (χ1v) is 7.56. The van der Waals surface area contributed by atoms with Crippen molar-refractivity contribution in [2.24, 2.45) is 5.92 Å². The van der Waals surface area contributed by atoms with E-state index in [-0.39, 0.29) is 0 Å². The van der Waals surface area contributed by atoms with E-state index < -0.39 is 5.97 Å². The number of aromatic nitrogens is 1. The van der Waals surface area contributed by atoms with Gasteiger partial charge in [-0.05, 0) is 38.2 Å². The number of carbonyl (C=O) groups is 1. The van der Waals surface area contributed by atoms with Gasteiger partial charge in [-0.15, -0.1) is 0 Å². The normalized spacial score (nSPS) is 19.7. The fraction of sp³-hybridized carbons (Fsp3) is 0.625. The Kier molecular flexibility index (Phi) is 4.99. The smallest absolute Gasteiger partial charge is 0.339 e. The summed E-state index contributed by atoms with van der Waals surface area (Å²) >= 11 is 0. The molecule has 0 bridgehead atoms. The van der Waals surface area contributed by atoms with Gasteiger partial charge in [0.15, 0.2) is 0 Å². The van der Waals surface area contributed by atoms with Crippen molar-refractivity contribution in [1.82, 2.24) is 4.98 Å². The molecule has 1 atom stereocenters. The summed E-state index contributed by atoms with van der Waals surface area (Å²) in [7, 11) is 0. The van der Waals surface area contributed by atoms with Gasteiger partial charge < -0.3 is 10.0 Å². The lowest BCUT2D eigenvalue weighted by Crippen LogP contribution is -2.26. The summed E-state index contributed by atoms with van der Waals surface area (Å²) in [5.41, 5.74) is 2.03.